The average Bonchev–Trinajstić information content (AvgIpc) is 2.58. The van der Waals surface area contributed by atoms with Gasteiger partial charge in [-0.05, 0) is 49.4 Å². The fourth-order valence-electron chi connectivity index (χ4n) is 2.13. The van der Waals surface area contributed by atoms with Gasteiger partial charge in [0.1, 0.15) is 5.75 Å². The molecule has 3 aromatic rings. The van der Waals surface area contributed by atoms with Crippen molar-refractivity contribution in [3.63, 3.8) is 0 Å². The van der Waals surface area contributed by atoms with Crippen molar-refractivity contribution in [1.29, 1.82) is 0 Å². The number of benzene rings is 2. The molecule has 0 saturated carbocycles. The summed E-state index contributed by atoms with van der Waals surface area (Å²) in [6.07, 6.45) is 3.16. The van der Waals surface area contributed by atoms with Crippen LogP contribution in [-0.4, -0.2) is 13.4 Å². The van der Waals surface area contributed by atoms with E-state index in [1.165, 1.54) is 12.3 Å². The van der Waals surface area contributed by atoms with Gasteiger partial charge in [-0.1, -0.05) is 29.3 Å². The van der Waals surface area contributed by atoms with E-state index < -0.39 is 10.0 Å². The molecule has 5 nitrogen and oxygen atoms in total. The number of nitrogens with zero attached hydrogens (tertiary/aromatic N) is 1. The number of halogens is 1. The van der Waals surface area contributed by atoms with Gasteiger partial charge < -0.3 is 4.74 Å². The second-order valence-corrected chi connectivity index (χ2v) is 7.47. The zero-order chi connectivity index (χ0) is 17.9. The van der Waals surface area contributed by atoms with E-state index in [1.807, 2.05) is 6.92 Å². The molecular weight excluding hydrogens is 360 g/mol. The molecule has 0 spiro atoms. The first kappa shape index (κ1) is 17.3. The summed E-state index contributed by atoms with van der Waals surface area (Å²) in [5.41, 5.74) is 1.22. The molecule has 0 aliphatic rings. The molecule has 1 heterocycles. The van der Waals surface area contributed by atoms with Gasteiger partial charge in [-0.2, -0.15) is 0 Å². The van der Waals surface area contributed by atoms with Gasteiger partial charge in [-0.15, -0.1) is 0 Å². The van der Waals surface area contributed by atoms with Gasteiger partial charge >= 0.3 is 0 Å². The largest absolute Gasteiger partial charge is 0.454 e. The third-order valence-electron chi connectivity index (χ3n) is 3.38. The van der Waals surface area contributed by atoms with E-state index >= 15 is 0 Å². The molecule has 1 N–H and O–H groups in total. The van der Waals surface area contributed by atoms with Crippen molar-refractivity contribution in [2.75, 3.05) is 4.72 Å². The van der Waals surface area contributed by atoms with Gasteiger partial charge in [0.05, 0.1) is 16.8 Å². The van der Waals surface area contributed by atoms with Crippen LogP contribution in [0.4, 0.5) is 5.69 Å². The summed E-state index contributed by atoms with van der Waals surface area (Å²) >= 11 is 6.01. The Balaban J connectivity index is 1.93. The molecule has 0 unspecified atom stereocenters. The number of nitrogens with one attached hydrogen (secondary N) is 1. The van der Waals surface area contributed by atoms with Crippen molar-refractivity contribution in [1.82, 2.24) is 4.98 Å². The van der Waals surface area contributed by atoms with Gasteiger partial charge in [0.2, 0.25) is 0 Å². The van der Waals surface area contributed by atoms with E-state index in [4.69, 9.17) is 16.3 Å². The lowest BCUT2D eigenvalue weighted by Crippen LogP contribution is -2.13. The Morgan fingerprint density at radius 2 is 1.84 bits per heavy atom. The maximum absolute atomic E-state index is 12.6. The van der Waals surface area contributed by atoms with E-state index in [0.717, 1.165) is 5.56 Å². The molecule has 0 fully saturated rings. The summed E-state index contributed by atoms with van der Waals surface area (Å²) < 4.78 is 33.5. The molecule has 0 aliphatic heterocycles. The minimum absolute atomic E-state index is 0.158. The van der Waals surface area contributed by atoms with Crippen LogP contribution >= 0.6 is 11.6 Å². The zero-order valence-corrected chi connectivity index (χ0v) is 14.9. The van der Waals surface area contributed by atoms with E-state index in [2.05, 4.69) is 9.71 Å². The van der Waals surface area contributed by atoms with E-state index in [0.29, 0.717) is 16.5 Å². The van der Waals surface area contributed by atoms with Crippen molar-refractivity contribution in [2.45, 2.75) is 11.8 Å². The molecule has 128 valence electrons. The van der Waals surface area contributed by atoms with Gasteiger partial charge in [-0.3, -0.25) is 9.71 Å². The number of rotatable bonds is 5. The lowest BCUT2D eigenvalue weighted by Gasteiger charge is -2.14. The lowest BCUT2D eigenvalue weighted by molar-refractivity contribution is 0.482. The number of hydrogen-bond donors (Lipinski definition) is 1. The number of aryl methyl sites for hydroxylation is 1. The number of pyridine rings is 1. The van der Waals surface area contributed by atoms with E-state index in [1.54, 1.807) is 54.7 Å². The molecule has 2 aromatic carbocycles. The van der Waals surface area contributed by atoms with E-state index in [-0.39, 0.29) is 10.6 Å². The molecule has 0 saturated heterocycles. The highest BCUT2D eigenvalue weighted by atomic mass is 35.5. The number of aromatic nitrogens is 1. The summed E-state index contributed by atoms with van der Waals surface area (Å²) in [5.74, 6) is 0.814. The molecule has 0 amide bonds. The first-order chi connectivity index (χ1) is 11.9. The SMILES string of the molecule is Cc1ccc(S(=O)(=O)Nc2cc(Cl)ccc2Oc2cccnc2)cc1. The van der Waals surface area contributed by atoms with Crippen molar-refractivity contribution >= 4 is 27.3 Å². The maximum Gasteiger partial charge on any atom is 0.262 e. The van der Waals surface area contributed by atoms with Crippen LogP contribution in [-0.2, 0) is 10.0 Å². The number of anilines is 1. The number of hydrogen-bond acceptors (Lipinski definition) is 4. The maximum atomic E-state index is 12.6. The predicted molar refractivity (Wildman–Crippen MR) is 97.8 cm³/mol. The molecule has 0 radical (unpaired) electrons. The lowest BCUT2D eigenvalue weighted by atomic mass is 10.2. The average molecular weight is 375 g/mol. The normalized spacial score (nSPS) is 11.1. The monoisotopic (exact) mass is 374 g/mol. The number of ether oxygens (including phenoxy) is 1. The molecule has 3 rings (SSSR count). The van der Waals surface area contributed by atoms with Crippen molar-refractivity contribution in [3.05, 3.63) is 77.6 Å². The Kier molecular flexibility index (Phi) is 4.92. The Morgan fingerprint density at radius 1 is 1.08 bits per heavy atom. The summed E-state index contributed by atoms with van der Waals surface area (Å²) in [4.78, 5) is 4.13. The standard InChI is InChI=1S/C18H15ClN2O3S/c1-13-4-7-16(8-5-13)25(22,23)21-17-11-14(19)6-9-18(17)24-15-3-2-10-20-12-15/h2-12,21H,1H3. The van der Waals surface area contributed by atoms with Gasteiger partial charge in [0.15, 0.2) is 5.75 Å². The predicted octanol–water partition coefficient (Wildman–Crippen LogP) is 4.64. The van der Waals surface area contributed by atoms with Crippen LogP contribution < -0.4 is 9.46 Å². The van der Waals surface area contributed by atoms with Crippen LogP contribution in [0.3, 0.4) is 0 Å². The Hall–Kier alpha value is -2.57. The topological polar surface area (TPSA) is 68.3 Å². The molecular formula is C18H15ClN2O3S. The molecule has 1 aromatic heterocycles. The molecule has 0 bridgehead atoms. The van der Waals surface area contributed by atoms with Gasteiger partial charge in [0.25, 0.3) is 10.0 Å². The fourth-order valence-corrected chi connectivity index (χ4v) is 3.36. The highest BCUT2D eigenvalue weighted by Crippen LogP contribution is 2.33. The molecule has 0 aliphatic carbocycles. The van der Waals surface area contributed by atoms with Gasteiger partial charge in [-0.25, -0.2) is 8.42 Å². The zero-order valence-electron chi connectivity index (χ0n) is 13.3. The first-order valence-corrected chi connectivity index (χ1v) is 9.27. The van der Waals surface area contributed by atoms with Crippen molar-refractivity contribution < 1.29 is 13.2 Å². The molecule has 25 heavy (non-hydrogen) atoms. The summed E-state index contributed by atoms with van der Waals surface area (Å²) in [6.45, 7) is 1.89. The Morgan fingerprint density at radius 3 is 2.52 bits per heavy atom. The van der Waals surface area contributed by atoms with Crippen molar-refractivity contribution in [2.24, 2.45) is 0 Å². The number of sulfonamides is 1. The molecule has 0 atom stereocenters. The third kappa shape index (κ3) is 4.29. The van der Waals surface area contributed by atoms with Crippen LogP contribution in [0.25, 0.3) is 0 Å². The van der Waals surface area contributed by atoms with Crippen LogP contribution in [0.5, 0.6) is 11.5 Å². The smallest absolute Gasteiger partial charge is 0.262 e. The third-order valence-corrected chi connectivity index (χ3v) is 5.00. The Bertz CT molecular complexity index is 975. The highest BCUT2D eigenvalue weighted by molar-refractivity contribution is 7.92. The van der Waals surface area contributed by atoms with Crippen LogP contribution in [0.1, 0.15) is 5.56 Å². The highest BCUT2D eigenvalue weighted by Gasteiger charge is 2.17. The fraction of sp³-hybridized carbons (Fsp3) is 0.0556. The minimum Gasteiger partial charge on any atom is -0.454 e. The minimum atomic E-state index is -3.77. The van der Waals surface area contributed by atoms with Crippen LogP contribution in [0.15, 0.2) is 71.9 Å². The Labute approximate surface area is 151 Å². The summed E-state index contributed by atoms with van der Waals surface area (Å²) in [6, 6.07) is 14.7. The van der Waals surface area contributed by atoms with Gasteiger partial charge in [0, 0.05) is 11.2 Å². The van der Waals surface area contributed by atoms with Crippen molar-refractivity contribution in [3.8, 4) is 11.5 Å². The quantitative estimate of drug-likeness (QED) is 0.706. The second kappa shape index (κ2) is 7.13. The summed E-state index contributed by atoms with van der Waals surface area (Å²) in [7, 11) is -3.77. The van der Waals surface area contributed by atoms with Crippen LogP contribution in [0, 0.1) is 6.92 Å². The second-order valence-electron chi connectivity index (χ2n) is 5.35. The van der Waals surface area contributed by atoms with E-state index in [9.17, 15) is 8.42 Å². The first-order valence-electron chi connectivity index (χ1n) is 7.41. The summed E-state index contributed by atoms with van der Waals surface area (Å²) in [5, 5.41) is 0.389. The van der Waals surface area contributed by atoms with Crippen LogP contribution in [0.2, 0.25) is 5.02 Å². The molecule has 7 heteroatoms.